The zero-order valence-electron chi connectivity index (χ0n) is 6.04. The minimum absolute atomic E-state index is 0.339. The minimum Gasteiger partial charge on any atom is -0.399 e. The van der Waals surface area contributed by atoms with Crippen molar-refractivity contribution in [3.05, 3.63) is 23.8 Å². The molecule has 0 bridgehead atoms. The number of hydroxylamine groups is 1. The average Bonchev–Trinajstić information content (AvgIpc) is 1.95. The molecule has 0 atom stereocenters. The normalized spacial score (nSPS) is 9.91. The summed E-state index contributed by atoms with van der Waals surface area (Å²) in [7, 11) is 0. The zero-order chi connectivity index (χ0) is 8.27. The van der Waals surface area contributed by atoms with Crippen molar-refractivity contribution < 1.29 is 5.21 Å². The molecule has 0 saturated heterocycles. The first-order chi connectivity index (χ1) is 5.24. The molecule has 4 nitrogen and oxygen atoms in total. The first-order valence-electron chi connectivity index (χ1n) is 3.25. The standard InChI is InChI=1S/C7H11N3O/c8-6-2-1-5(4-10-11)7(9)3-6/h1-3,10-11H,4,8-9H2. The van der Waals surface area contributed by atoms with Gasteiger partial charge < -0.3 is 16.7 Å². The van der Waals surface area contributed by atoms with Crippen molar-refractivity contribution in [2.75, 3.05) is 11.5 Å². The smallest absolute Gasteiger partial charge is 0.0478 e. The van der Waals surface area contributed by atoms with Gasteiger partial charge in [0.1, 0.15) is 0 Å². The van der Waals surface area contributed by atoms with E-state index in [0.29, 0.717) is 17.9 Å². The molecule has 0 spiro atoms. The van der Waals surface area contributed by atoms with Crippen molar-refractivity contribution in [1.82, 2.24) is 5.48 Å². The van der Waals surface area contributed by atoms with Crippen molar-refractivity contribution in [3.8, 4) is 0 Å². The monoisotopic (exact) mass is 153 g/mol. The van der Waals surface area contributed by atoms with Gasteiger partial charge >= 0.3 is 0 Å². The number of nitrogen functional groups attached to an aromatic ring is 2. The van der Waals surface area contributed by atoms with Gasteiger partial charge in [0.25, 0.3) is 0 Å². The summed E-state index contributed by atoms with van der Waals surface area (Å²) < 4.78 is 0. The number of rotatable bonds is 2. The van der Waals surface area contributed by atoms with Gasteiger partial charge in [-0.1, -0.05) is 6.07 Å². The maximum atomic E-state index is 8.38. The van der Waals surface area contributed by atoms with Gasteiger partial charge in [-0.15, -0.1) is 0 Å². The highest BCUT2D eigenvalue weighted by atomic mass is 16.5. The van der Waals surface area contributed by atoms with Crippen LogP contribution in [-0.2, 0) is 6.54 Å². The third kappa shape index (κ3) is 1.83. The van der Waals surface area contributed by atoms with Gasteiger partial charge in [-0.2, -0.15) is 0 Å². The first kappa shape index (κ1) is 7.84. The summed E-state index contributed by atoms with van der Waals surface area (Å²) in [5, 5.41) is 8.38. The SMILES string of the molecule is Nc1ccc(CNO)c(N)c1. The zero-order valence-corrected chi connectivity index (χ0v) is 6.04. The van der Waals surface area contributed by atoms with E-state index >= 15 is 0 Å². The molecule has 0 unspecified atom stereocenters. The second kappa shape index (κ2) is 3.23. The fourth-order valence-electron chi connectivity index (χ4n) is 0.860. The van der Waals surface area contributed by atoms with E-state index in [1.807, 2.05) is 5.48 Å². The summed E-state index contributed by atoms with van der Waals surface area (Å²) in [4.78, 5) is 0. The lowest BCUT2D eigenvalue weighted by atomic mass is 10.1. The van der Waals surface area contributed by atoms with E-state index in [4.69, 9.17) is 16.7 Å². The van der Waals surface area contributed by atoms with Crippen molar-refractivity contribution >= 4 is 11.4 Å². The van der Waals surface area contributed by atoms with Crippen LogP contribution >= 0.6 is 0 Å². The maximum Gasteiger partial charge on any atom is 0.0478 e. The van der Waals surface area contributed by atoms with E-state index in [2.05, 4.69) is 0 Å². The Morgan fingerprint density at radius 1 is 1.36 bits per heavy atom. The quantitative estimate of drug-likeness (QED) is 0.364. The molecule has 11 heavy (non-hydrogen) atoms. The van der Waals surface area contributed by atoms with Crippen LogP contribution in [0.1, 0.15) is 5.56 Å². The number of hydrogen-bond acceptors (Lipinski definition) is 4. The molecule has 0 amide bonds. The van der Waals surface area contributed by atoms with Crippen LogP contribution in [0, 0.1) is 0 Å². The number of nitrogens with two attached hydrogens (primary N) is 2. The molecule has 6 N–H and O–H groups in total. The molecule has 0 aromatic heterocycles. The van der Waals surface area contributed by atoms with Crippen LogP contribution in [0.4, 0.5) is 11.4 Å². The molecule has 0 fully saturated rings. The van der Waals surface area contributed by atoms with Gasteiger partial charge in [0.05, 0.1) is 0 Å². The minimum atomic E-state index is 0.339. The highest BCUT2D eigenvalue weighted by Gasteiger charge is 1.96. The lowest BCUT2D eigenvalue weighted by Gasteiger charge is -2.03. The number of anilines is 2. The Morgan fingerprint density at radius 3 is 2.64 bits per heavy atom. The van der Waals surface area contributed by atoms with Crippen LogP contribution in [0.25, 0.3) is 0 Å². The second-order valence-corrected chi connectivity index (χ2v) is 2.29. The predicted octanol–water partition coefficient (Wildman–Crippen LogP) is 0.330. The van der Waals surface area contributed by atoms with Gasteiger partial charge in [0, 0.05) is 17.9 Å². The average molecular weight is 153 g/mol. The fourth-order valence-corrected chi connectivity index (χ4v) is 0.860. The van der Waals surface area contributed by atoms with E-state index in [1.165, 1.54) is 0 Å². The molecule has 60 valence electrons. The van der Waals surface area contributed by atoms with Gasteiger partial charge in [-0.25, -0.2) is 5.48 Å². The largest absolute Gasteiger partial charge is 0.399 e. The predicted molar refractivity (Wildman–Crippen MR) is 43.9 cm³/mol. The molecule has 0 saturated carbocycles. The Bertz CT molecular complexity index is 249. The highest BCUT2D eigenvalue weighted by molar-refractivity contribution is 5.56. The molecular weight excluding hydrogens is 142 g/mol. The first-order valence-corrected chi connectivity index (χ1v) is 3.25. The molecule has 0 aliphatic carbocycles. The topological polar surface area (TPSA) is 84.3 Å². The Morgan fingerprint density at radius 2 is 2.09 bits per heavy atom. The Balaban J connectivity index is 2.90. The van der Waals surface area contributed by atoms with Crippen LogP contribution in [-0.4, -0.2) is 5.21 Å². The summed E-state index contributed by atoms with van der Waals surface area (Å²) in [6, 6.07) is 5.17. The van der Waals surface area contributed by atoms with Crippen LogP contribution < -0.4 is 16.9 Å². The van der Waals surface area contributed by atoms with Crippen molar-refractivity contribution in [2.45, 2.75) is 6.54 Å². The summed E-state index contributed by atoms with van der Waals surface area (Å²) in [5.74, 6) is 0. The second-order valence-electron chi connectivity index (χ2n) is 2.29. The van der Waals surface area contributed by atoms with Gasteiger partial charge in [-0.3, -0.25) is 0 Å². The molecule has 0 radical (unpaired) electrons. The van der Waals surface area contributed by atoms with E-state index in [0.717, 1.165) is 5.56 Å². The van der Waals surface area contributed by atoms with Crippen LogP contribution in [0.15, 0.2) is 18.2 Å². The van der Waals surface area contributed by atoms with Crippen LogP contribution in [0.5, 0.6) is 0 Å². The van der Waals surface area contributed by atoms with E-state index in [-0.39, 0.29) is 0 Å². The number of hydrogen-bond donors (Lipinski definition) is 4. The molecule has 0 heterocycles. The molecule has 1 aromatic rings. The van der Waals surface area contributed by atoms with Gasteiger partial charge in [0.15, 0.2) is 0 Å². The number of nitrogens with one attached hydrogen (secondary N) is 1. The molecule has 4 heteroatoms. The lowest BCUT2D eigenvalue weighted by molar-refractivity contribution is 0.161. The summed E-state index contributed by atoms with van der Waals surface area (Å²) >= 11 is 0. The summed E-state index contributed by atoms with van der Waals surface area (Å²) in [6.45, 7) is 0.339. The summed E-state index contributed by atoms with van der Waals surface area (Å²) in [6.07, 6.45) is 0. The van der Waals surface area contributed by atoms with E-state index in [1.54, 1.807) is 18.2 Å². The molecular formula is C7H11N3O. The Hall–Kier alpha value is -1.26. The van der Waals surface area contributed by atoms with Gasteiger partial charge in [0.2, 0.25) is 0 Å². The van der Waals surface area contributed by atoms with E-state index in [9.17, 15) is 0 Å². The fraction of sp³-hybridized carbons (Fsp3) is 0.143. The van der Waals surface area contributed by atoms with Crippen LogP contribution in [0.3, 0.4) is 0 Å². The Labute approximate surface area is 64.8 Å². The van der Waals surface area contributed by atoms with Crippen LogP contribution in [0.2, 0.25) is 0 Å². The third-order valence-electron chi connectivity index (χ3n) is 1.44. The Kier molecular flexibility index (Phi) is 2.30. The van der Waals surface area contributed by atoms with Crippen molar-refractivity contribution in [3.63, 3.8) is 0 Å². The maximum absolute atomic E-state index is 8.38. The highest BCUT2D eigenvalue weighted by Crippen LogP contribution is 2.14. The number of benzene rings is 1. The molecule has 0 aliphatic heterocycles. The summed E-state index contributed by atoms with van der Waals surface area (Å²) in [5.41, 5.74) is 15.1. The molecule has 1 aromatic carbocycles. The molecule has 0 aliphatic rings. The van der Waals surface area contributed by atoms with Gasteiger partial charge in [-0.05, 0) is 17.7 Å². The van der Waals surface area contributed by atoms with E-state index < -0.39 is 0 Å². The molecule has 1 rings (SSSR count). The lowest BCUT2D eigenvalue weighted by Crippen LogP contribution is -2.08. The van der Waals surface area contributed by atoms with Crippen molar-refractivity contribution in [1.29, 1.82) is 0 Å². The third-order valence-corrected chi connectivity index (χ3v) is 1.44. The van der Waals surface area contributed by atoms with Crippen molar-refractivity contribution in [2.24, 2.45) is 0 Å².